The first kappa shape index (κ1) is 18.7. The second kappa shape index (κ2) is 9.02. The second-order valence-corrected chi connectivity index (χ2v) is 5.89. The van der Waals surface area contributed by atoms with Gasteiger partial charge in [0.15, 0.2) is 0 Å². The van der Waals surface area contributed by atoms with Crippen LogP contribution in [0.5, 0.6) is 0 Å². The molecule has 2 aromatic rings. The maximum atomic E-state index is 12.5. The van der Waals surface area contributed by atoms with Crippen molar-refractivity contribution in [2.24, 2.45) is 0 Å². The van der Waals surface area contributed by atoms with E-state index in [0.29, 0.717) is 25.1 Å². The molecule has 132 valence electrons. The second-order valence-electron chi connectivity index (χ2n) is 5.89. The number of nitrogens with one attached hydrogen (secondary N) is 1. The summed E-state index contributed by atoms with van der Waals surface area (Å²) in [6, 6.07) is 17.0. The molecule has 0 heterocycles. The molecule has 4 nitrogen and oxygen atoms in total. The van der Waals surface area contributed by atoms with E-state index in [1.54, 1.807) is 17.0 Å². The normalized spacial score (nSPS) is 11.6. The van der Waals surface area contributed by atoms with E-state index < -0.39 is 6.04 Å². The number of rotatable bonds is 7. The number of hydrogen-bond donors (Lipinski definition) is 1. The summed E-state index contributed by atoms with van der Waals surface area (Å²) in [5, 5.41) is 2.86. The molecule has 1 atom stereocenters. The predicted molar refractivity (Wildman–Crippen MR) is 101 cm³/mol. The van der Waals surface area contributed by atoms with Crippen LogP contribution in [0.15, 0.2) is 54.6 Å². The molecule has 2 aromatic carbocycles. The van der Waals surface area contributed by atoms with Crippen LogP contribution in [-0.4, -0.2) is 35.8 Å². The summed E-state index contributed by atoms with van der Waals surface area (Å²) in [7, 11) is 0. The Bertz CT molecular complexity index is 692. The van der Waals surface area contributed by atoms with Crippen molar-refractivity contribution in [2.45, 2.75) is 33.2 Å². The third-order valence-corrected chi connectivity index (χ3v) is 4.34. The minimum Gasteiger partial charge on any atom is -0.341 e. The number of nitrogens with zero attached hydrogens (tertiary/aromatic N) is 1. The SMILES string of the molecule is CCC(NC(=O)c1ccc(-c2ccccc2)cc1)C(=O)N(CC)CC. The van der Waals surface area contributed by atoms with Gasteiger partial charge in [-0.2, -0.15) is 0 Å². The monoisotopic (exact) mass is 338 g/mol. The molecule has 0 fully saturated rings. The topological polar surface area (TPSA) is 49.4 Å². The van der Waals surface area contributed by atoms with E-state index in [1.807, 2.05) is 63.2 Å². The van der Waals surface area contributed by atoms with Gasteiger partial charge in [0.05, 0.1) is 0 Å². The molecular formula is C21H26N2O2. The van der Waals surface area contributed by atoms with Crippen molar-refractivity contribution in [1.29, 1.82) is 0 Å². The van der Waals surface area contributed by atoms with Crippen LogP contribution in [0.2, 0.25) is 0 Å². The van der Waals surface area contributed by atoms with Gasteiger partial charge < -0.3 is 10.2 Å². The lowest BCUT2D eigenvalue weighted by Gasteiger charge is -2.25. The summed E-state index contributed by atoms with van der Waals surface area (Å²) in [6.07, 6.45) is 0.573. The van der Waals surface area contributed by atoms with E-state index in [0.717, 1.165) is 11.1 Å². The molecule has 0 spiro atoms. The van der Waals surface area contributed by atoms with E-state index in [2.05, 4.69) is 5.32 Å². The van der Waals surface area contributed by atoms with Crippen molar-refractivity contribution in [1.82, 2.24) is 10.2 Å². The fourth-order valence-electron chi connectivity index (χ4n) is 2.78. The van der Waals surface area contributed by atoms with Crippen LogP contribution in [-0.2, 0) is 4.79 Å². The first-order valence-corrected chi connectivity index (χ1v) is 8.85. The Morgan fingerprint density at radius 2 is 1.44 bits per heavy atom. The standard InChI is InChI=1S/C21H26N2O2/c1-4-19(21(25)23(5-2)6-3)22-20(24)18-14-12-17(13-15-18)16-10-8-7-9-11-16/h7-15,19H,4-6H2,1-3H3,(H,22,24). The molecule has 1 N–H and O–H groups in total. The molecule has 0 aliphatic rings. The molecule has 2 amide bonds. The van der Waals surface area contributed by atoms with Crippen LogP contribution < -0.4 is 5.32 Å². The Kier molecular flexibility index (Phi) is 6.75. The van der Waals surface area contributed by atoms with Gasteiger partial charge in [0.2, 0.25) is 5.91 Å². The Hall–Kier alpha value is -2.62. The number of amides is 2. The van der Waals surface area contributed by atoms with Crippen LogP contribution >= 0.6 is 0 Å². The van der Waals surface area contributed by atoms with E-state index in [-0.39, 0.29) is 11.8 Å². The summed E-state index contributed by atoms with van der Waals surface area (Å²) >= 11 is 0. The summed E-state index contributed by atoms with van der Waals surface area (Å²) in [5.41, 5.74) is 2.73. The molecule has 0 saturated carbocycles. The average molecular weight is 338 g/mol. The maximum absolute atomic E-state index is 12.5. The maximum Gasteiger partial charge on any atom is 0.251 e. The predicted octanol–water partition coefficient (Wildman–Crippen LogP) is 3.73. The van der Waals surface area contributed by atoms with Crippen molar-refractivity contribution in [2.75, 3.05) is 13.1 Å². The van der Waals surface area contributed by atoms with E-state index in [1.165, 1.54) is 0 Å². The van der Waals surface area contributed by atoms with Crippen LogP contribution in [0.4, 0.5) is 0 Å². The first-order valence-electron chi connectivity index (χ1n) is 8.85. The van der Waals surface area contributed by atoms with E-state index >= 15 is 0 Å². The number of benzene rings is 2. The van der Waals surface area contributed by atoms with Gasteiger partial charge in [-0.1, -0.05) is 49.4 Å². The van der Waals surface area contributed by atoms with Crippen LogP contribution in [0.1, 0.15) is 37.6 Å². The van der Waals surface area contributed by atoms with Crippen LogP contribution in [0.25, 0.3) is 11.1 Å². The molecule has 0 bridgehead atoms. The molecule has 4 heteroatoms. The Balaban J connectivity index is 2.08. The van der Waals surface area contributed by atoms with Gasteiger partial charge >= 0.3 is 0 Å². The van der Waals surface area contributed by atoms with Crippen molar-refractivity contribution >= 4 is 11.8 Å². The molecule has 0 aliphatic heterocycles. The lowest BCUT2D eigenvalue weighted by Crippen LogP contribution is -2.48. The molecular weight excluding hydrogens is 312 g/mol. The zero-order valence-corrected chi connectivity index (χ0v) is 15.2. The third kappa shape index (κ3) is 4.69. The average Bonchev–Trinajstić information content (AvgIpc) is 2.67. The Morgan fingerprint density at radius 1 is 0.880 bits per heavy atom. The van der Waals surface area contributed by atoms with Gasteiger partial charge in [-0.3, -0.25) is 9.59 Å². The Morgan fingerprint density at radius 3 is 1.96 bits per heavy atom. The molecule has 25 heavy (non-hydrogen) atoms. The van der Waals surface area contributed by atoms with Crippen molar-refractivity contribution in [3.63, 3.8) is 0 Å². The molecule has 1 unspecified atom stereocenters. The zero-order chi connectivity index (χ0) is 18.2. The van der Waals surface area contributed by atoms with Gasteiger partial charge in [-0.15, -0.1) is 0 Å². The fraction of sp³-hybridized carbons (Fsp3) is 0.333. The number of hydrogen-bond acceptors (Lipinski definition) is 2. The summed E-state index contributed by atoms with van der Waals surface area (Å²) in [5.74, 6) is -0.242. The minimum atomic E-state index is -0.485. The summed E-state index contributed by atoms with van der Waals surface area (Å²) in [4.78, 5) is 26.7. The lowest BCUT2D eigenvalue weighted by molar-refractivity contribution is -0.132. The molecule has 0 aromatic heterocycles. The number of likely N-dealkylation sites (N-methyl/N-ethyl adjacent to an activating group) is 1. The molecule has 0 aliphatic carbocycles. The minimum absolute atomic E-state index is 0.0262. The van der Waals surface area contributed by atoms with Gasteiger partial charge in [0, 0.05) is 18.7 Å². The highest BCUT2D eigenvalue weighted by Gasteiger charge is 2.23. The van der Waals surface area contributed by atoms with Crippen molar-refractivity contribution < 1.29 is 9.59 Å². The van der Waals surface area contributed by atoms with Gasteiger partial charge in [-0.05, 0) is 43.5 Å². The van der Waals surface area contributed by atoms with Crippen molar-refractivity contribution in [3.8, 4) is 11.1 Å². The first-order chi connectivity index (χ1) is 12.1. The fourth-order valence-corrected chi connectivity index (χ4v) is 2.78. The highest BCUT2D eigenvalue weighted by Crippen LogP contribution is 2.19. The van der Waals surface area contributed by atoms with Gasteiger partial charge in [0.25, 0.3) is 5.91 Å². The quantitative estimate of drug-likeness (QED) is 0.836. The molecule has 0 saturated heterocycles. The number of carbonyl (C=O) groups excluding carboxylic acids is 2. The summed E-state index contributed by atoms with van der Waals surface area (Å²) in [6.45, 7) is 7.09. The molecule has 0 radical (unpaired) electrons. The van der Waals surface area contributed by atoms with Crippen LogP contribution in [0.3, 0.4) is 0 Å². The number of carbonyl (C=O) groups is 2. The highest BCUT2D eigenvalue weighted by atomic mass is 16.2. The summed E-state index contributed by atoms with van der Waals surface area (Å²) < 4.78 is 0. The van der Waals surface area contributed by atoms with Gasteiger partial charge in [0.1, 0.15) is 6.04 Å². The molecule has 2 rings (SSSR count). The highest BCUT2D eigenvalue weighted by molar-refractivity contribution is 5.97. The smallest absolute Gasteiger partial charge is 0.251 e. The third-order valence-electron chi connectivity index (χ3n) is 4.34. The zero-order valence-electron chi connectivity index (χ0n) is 15.2. The van der Waals surface area contributed by atoms with E-state index in [9.17, 15) is 9.59 Å². The van der Waals surface area contributed by atoms with Crippen LogP contribution in [0, 0.1) is 0 Å². The Labute approximate surface area is 149 Å². The van der Waals surface area contributed by atoms with Crippen molar-refractivity contribution in [3.05, 3.63) is 60.2 Å². The van der Waals surface area contributed by atoms with E-state index in [4.69, 9.17) is 0 Å². The van der Waals surface area contributed by atoms with Gasteiger partial charge in [-0.25, -0.2) is 0 Å². The lowest BCUT2D eigenvalue weighted by atomic mass is 10.0. The largest absolute Gasteiger partial charge is 0.341 e.